The van der Waals surface area contributed by atoms with Gasteiger partial charge in [-0.2, -0.15) is 0 Å². The zero-order valence-corrected chi connectivity index (χ0v) is 10.9. The average molecular weight is 272 g/mol. The van der Waals surface area contributed by atoms with E-state index < -0.39 is 0 Å². The second kappa shape index (κ2) is 6.23. The largest absolute Gasteiger partial charge is 0.396 e. The van der Waals surface area contributed by atoms with E-state index in [9.17, 15) is 0 Å². The number of nitrogens with zero attached hydrogens (tertiary/aromatic N) is 2. The van der Waals surface area contributed by atoms with Crippen LogP contribution in [0.5, 0.6) is 0 Å². The Kier molecular flexibility index (Phi) is 4.65. The Hall–Kier alpha value is -0.780. The van der Waals surface area contributed by atoms with Crippen molar-refractivity contribution < 1.29 is 5.11 Å². The van der Waals surface area contributed by atoms with E-state index in [1.807, 2.05) is 6.07 Å². The third-order valence-corrected chi connectivity index (χ3v) is 3.49. The molecule has 0 aliphatic heterocycles. The van der Waals surface area contributed by atoms with Crippen molar-refractivity contribution in [2.45, 2.75) is 24.4 Å². The van der Waals surface area contributed by atoms with E-state index in [0.29, 0.717) is 10.7 Å². The highest BCUT2D eigenvalue weighted by Crippen LogP contribution is 2.21. The van der Waals surface area contributed by atoms with Gasteiger partial charge in [-0.1, -0.05) is 29.8 Å². The lowest BCUT2D eigenvalue weighted by molar-refractivity contribution is 0.284. The molecule has 2 aromatic heterocycles. The number of unbranched alkanes of at least 4 members (excludes halogenated alkanes) is 2. The number of hydrogen-bond donors (Lipinski definition) is 2. The molecule has 2 rings (SSSR count). The Balaban J connectivity index is 1.91. The number of rotatable bonds is 6. The third-order valence-electron chi connectivity index (χ3n) is 2.32. The molecule has 17 heavy (non-hydrogen) atoms. The van der Waals surface area contributed by atoms with Crippen LogP contribution in [0.15, 0.2) is 17.4 Å². The van der Waals surface area contributed by atoms with Crippen molar-refractivity contribution in [3.05, 3.63) is 17.3 Å². The number of halogens is 1. The molecule has 2 N–H and O–H groups in total. The zero-order valence-electron chi connectivity index (χ0n) is 9.32. The lowest BCUT2D eigenvalue weighted by Gasteiger charge is -1.96. The van der Waals surface area contributed by atoms with Crippen LogP contribution in [0.25, 0.3) is 11.2 Å². The fourth-order valence-corrected chi connectivity index (χ4v) is 2.51. The van der Waals surface area contributed by atoms with Crippen LogP contribution in [0, 0.1) is 0 Å². The fourth-order valence-electron chi connectivity index (χ4n) is 1.48. The van der Waals surface area contributed by atoms with Crippen LogP contribution >= 0.6 is 23.4 Å². The zero-order chi connectivity index (χ0) is 12.1. The molecule has 92 valence electrons. The van der Waals surface area contributed by atoms with Crippen molar-refractivity contribution in [3.8, 4) is 0 Å². The van der Waals surface area contributed by atoms with E-state index in [1.54, 1.807) is 18.0 Å². The maximum absolute atomic E-state index is 8.66. The number of aromatic amines is 1. The summed E-state index contributed by atoms with van der Waals surface area (Å²) in [5.74, 6) is 0.994. The molecule has 0 atom stereocenters. The number of pyridine rings is 1. The topological polar surface area (TPSA) is 61.8 Å². The second-order valence-electron chi connectivity index (χ2n) is 3.70. The van der Waals surface area contributed by atoms with Crippen molar-refractivity contribution in [2.75, 3.05) is 12.4 Å². The van der Waals surface area contributed by atoms with Crippen LogP contribution < -0.4 is 0 Å². The van der Waals surface area contributed by atoms with Crippen molar-refractivity contribution >= 4 is 34.5 Å². The van der Waals surface area contributed by atoms with Gasteiger partial charge in [-0.25, -0.2) is 9.97 Å². The van der Waals surface area contributed by atoms with Crippen molar-refractivity contribution in [1.29, 1.82) is 0 Å². The van der Waals surface area contributed by atoms with Gasteiger partial charge in [-0.05, 0) is 18.9 Å². The molecule has 0 aliphatic carbocycles. The maximum atomic E-state index is 8.66. The summed E-state index contributed by atoms with van der Waals surface area (Å²) in [6.07, 6.45) is 4.60. The summed E-state index contributed by atoms with van der Waals surface area (Å²) in [6.45, 7) is 0.276. The SMILES string of the molecule is OCCCCCSc1nc2ncc(Cl)cc2[nH]1. The van der Waals surface area contributed by atoms with Crippen LogP contribution in [-0.2, 0) is 0 Å². The highest BCUT2D eigenvalue weighted by atomic mass is 35.5. The van der Waals surface area contributed by atoms with E-state index in [4.69, 9.17) is 16.7 Å². The summed E-state index contributed by atoms with van der Waals surface area (Å²) >= 11 is 7.52. The number of imidazole rings is 1. The molecule has 0 amide bonds. The Morgan fingerprint density at radius 2 is 2.24 bits per heavy atom. The standard InChI is InChI=1S/C11H14ClN3OS/c12-8-6-9-10(13-7-8)15-11(14-9)17-5-3-1-2-4-16/h6-7,16H,1-5H2,(H,13,14,15). The Labute approximate surface area is 109 Å². The van der Waals surface area contributed by atoms with Gasteiger partial charge < -0.3 is 10.1 Å². The van der Waals surface area contributed by atoms with Gasteiger partial charge in [0.2, 0.25) is 0 Å². The molecule has 0 spiro atoms. The van der Waals surface area contributed by atoms with Gasteiger partial charge in [0.1, 0.15) is 0 Å². The van der Waals surface area contributed by atoms with Gasteiger partial charge >= 0.3 is 0 Å². The lowest BCUT2D eigenvalue weighted by atomic mass is 10.3. The molecule has 6 heteroatoms. The van der Waals surface area contributed by atoms with Gasteiger partial charge in [-0.15, -0.1) is 0 Å². The maximum Gasteiger partial charge on any atom is 0.178 e. The van der Waals surface area contributed by atoms with Crippen molar-refractivity contribution in [1.82, 2.24) is 15.0 Å². The average Bonchev–Trinajstić information content (AvgIpc) is 2.70. The molecule has 0 unspecified atom stereocenters. The van der Waals surface area contributed by atoms with Crippen molar-refractivity contribution in [2.24, 2.45) is 0 Å². The van der Waals surface area contributed by atoms with E-state index >= 15 is 0 Å². The number of aliphatic hydroxyl groups excluding tert-OH is 1. The first-order chi connectivity index (χ1) is 8.29. The molecule has 4 nitrogen and oxygen atoms in total. The summed E-state index contributed by atoms with van der Waals surface area (Å²) in [4.78, 5) is 11.7. The molecule has 0 saturated carbocycles. The van der Waals surface area contributed by atoms with Gasteiger partial charge in [-0.3, -0.25) is 0 Å². The summed E-state index contributed by atoms with van der Waals surface area (Å²) in [6, 6.07) is 1.83. The van der Waals surface area contributed by atoms with Gasteiger partial charge in [0.15, 0.2) is 10.8 Å². The van der Waals surface area contributed by atoms with Gasteiger partial charge in [0.05, 0.1) is 10.5 Å². The van der Waals surface area contributed by atoms with E-state index in [1.165, 1.54) is 0 Å². The number of nitrogens with one attached hydrogen (secondary N) is 1. The minimum absolute atomic E-state index is 0.276. The van der Waals surface area contributed by atoms with Crippen LogP contribution in [0.3, 0.4) is 0 Å². The Morgan fingerprint density at radius 3 is 3.06 bits per heavy atom. The summed E-state index contributed by atoms with van der Waals surface area (Å²) in [7, 11) is 0. The molecular weight excluding hydrogens is 258 g/mol. The first kappa shape index (κ1) is 12.7. The molecule has 2 heterocycles. The van der Waals surface area contributed by atoms with E-state index in [2.05, 4.69) is 15.0 Å². The minimum atomic E-state index is 0.276. The minimum Gasteiger partial charge on any atom is -0.396 e. The first-order valence-corrected chi connectivity index (χ1v) is 6.91. The molecule has 2 aromatic rings. The summed E-state index contributed by atoms with van der Waals surface area (Å²) < 4.78 is 0. The molecule has 0 aromatic carbocycles. The summed E-state index contributed by atoms with van der Waals surface area (Å²) in [5, 5.41) is 10.1. The Bertz CT molecular complexity index is 489. The monoisotopic (exact) mass is 271 g/mol. The molecule has 0 radical (unpaired) electrons. The van der Waals surface area contributed by atoms with E-state index in [0.717, 1.165) is 35.7 Å². The molecule has 0 saturated heterocycles. The van der Waals surface area contributed by atoms with Gasteiger partial charge in [0, 0.05) is 18.6 Å². The number of aromatic nitrogens is 3. The first-order valence-electron chi connectivity index (χ1n) is 5.54. The summed E-state index contributed by atoms with van der Waals surface area (Å²) in [5.41, 5.74) is 1.57. The van der Waals surface area contributed by atoms with Gasteiger partial charge in [0.25, 0.3) is 0 Å². The normalized spacial score (nSPS) is 11.2. The third kappa shape index (κ3) is 3.59. The molecule has 0 bridgehead atoms. The Morgan fingerprint density at radius 1 is 1.35 bits per heavy atom. The molecular formula is C11H14ClN3OS. The second-order valence-corrected chi connectivity index (χ2v) is 5.22. The number of thioether (sulfide) groups is 1. The van der Waals surface area contributed by atoms with Crippen LogP contribution in [0.1, 0.15) is 19.3 Å². The van der Waals surface area contributed by atoms with Crippen molar-refractivity contribution in [3.63, 3.8) is 0 Å². The number of aliphatic hydroxyl groups is 1. The lowest BCUT2D eigenvalue weighted by Crippen LogP contribution is -1.86. The highest BCUT2D eigenvalue weighted by Gasteiger charge is 2.04. The predicted molar refractivity (Wildman–Crippen MR) is 70.6 cm³/mol. The fraction of sp³-hybridized carbons (Fsp3) is 0.455. The van der Waals surface area contributed by atoms with Crippen LogP contribution in [-0.4, -0.2) is 32.4 Å². The highest BCUT2D eigenvalue weighted by molar-refractivity contribution is 7.99. The smallest absolute Gasteiger partial charge is 0.178 e. The van der Waals surface area contributed by atoms with Crippen LogP contribution in [0.2, 0.25) is 5.02 Å². The number of fused-ring (bicyclic) bond motifs is 1. The molecule has 0 aliphatic rings. The van der Waals surface area contributed by atoms with Crippen LogP contribution in [0.4, 0.5) is 0 Å². The predicted octanol–water partition coefficient (Wildman–Crippen LogP) is 2.87. The number of hydrogen-bond acceptors (Lipinski definition) is 4. The van der Waals surface area contributed by atoms with E-state index in [-0.39, 0.29) is 6.61 Å². The number of H-pyrrole nitrogens is 1. The quantitative estimate of drug-likeness (QED) is 0.626. The molecule has 0 fully saturated rings.